The Hall–Kier alpha value is -4.58. The Morgan fingerprint density at radius 3 is 2.52 bits per heavy atom. The number of carbonyl (C=O) groups is 1. The molecule has 0 radical (unpaired) electrons. The number of nitrogens with zero attached hydrogens (tertiary/aromatic N) is 3. The summed E-state index contributed by atoms with van der Waals surface area (Å²) < 4.78 is 35.8. The molecule has 6 rings (SSSR count). The molecule has 10 nitrogen and oxygen atoms in total. The van der Waals surface area contributed by atoms with Gasteiger partial charge >= 0.3 is 6.09 Å². The van der Waals surface area contributed by atoms with Gasteiger partial charge in [0, 0.05) is 41.0 Å². The van der Waals surface area contributed by atoms with E-state index in [1.54, 1.807) is 12.0 Å². The van der Waals surface area contributed by atoms with Gasteiger partial charge in [0.05, 0.1) is 25.9 Å². The quantitative estimate of drug-likeness (QED) is 0.103. The van der Waals surface area contributed by atoms with Crippen molar-refractivity contribution >= 4 is 29.5 Å². The third-order valence-electron chi connectivity index (χ3n) is 8.54. The van der Waals surface area contributed by atoms with Crippen molar-refractivity contribution in [3.05, 3.63) is 114 Å². The first-order chi connectivity index (χ1) is 24.2. The molecule has 0 saturated carbocycles. The van der Waals surface area contributed by atoms with Crippen LogP contribution in [0.25, 0.3) is 10.8 Å². The fourth-order valence-electron chi connectivity index (χ4n) is 6.14. The van der Waals surface area contributed by atoms with E-state index >= 15 is 0 Å². The Balaban J connectivity index is 1.24. The number of piperidine rings is 1. The van der Waals surface area contributed by atoms with Crippen LogP contribution in [0.4, 0.5) is 4.79 Å². The fraction of sp³-hybridized carbons (Fsp3) is 0.359. The molecule has 3 unspecified atom stereocenters. The number of likely N-dealkylation sites (tertiary alicyclic amines) is 1. The van der Waals surface area contributed by atoms with E-state index in [9.17, 15) is 4.79 Å². The van der Waals surface area contributed by atoms with Crippen LogP contribution in [-0.4, -0.2) is 66.3 Å². The van der Waals surface area contributed by atoms with Crippen LogP contribution in [0.1, 0.15) is 61.8 Å². The molecule has 0 bridgehead atoms. The minimum absolute atomic E-state index is 0.00552. The fourth-order valence-corrected chi connectivity index (χ4v) is 6.42. The highest BCUT2D eigenvalue weighted by Gasteiger charge is 2.35. The van der Waals surface area contributed by atoms with Crippen molar-refractivity contribution in [2.75, 3.05) is 33.4 Å². The highest BCUT2D eigenvalue weighted by atomic mass is 32.1. The number of rotatable bonds is 12. The molecule has 4 aromatic carbocycles. The highest BCUT2D eigenvalue weighted by molar-refractivity contribution is 7.80. The molecule has 2 heterocycles. The monoisotopic (exact) mass is 697 g/mol. The van der Waals surface area contributed by atoms with E-state index in [1.165, 1.54) is 6.33 Å². The molecule has 1 aliphatic heterocycles. The van der Waals surface area contributed by atoms with Gasteiger partial charge in [-0.15, -0.1) is 12.6 Å². The number of carbonyl (C=O) groups excluding carboxylic acids is 1. The van der Waals surface area contributed by atoms with Gasteiger partial charge in [0.25, 0.3) is 5.89 Å². The van der Waals surface area contributed by atoms with Crippen molar-refractivity contribution in [2.45, 2.75) is 62.4 Å². The van der Waals surface area contributed by atoms with Crippen LogP contribution < -0.4 is 9.47 Å². The maximum atomic E-state index is 13.2. The van der Waals surface area contributed by atoms with Crippen molar-refractivity contribution in [3.8, 4) is 11.5 Å². The van der Waals surface area contributed by atoms with E-state index in [0.29, 0.717) is 51.0 Å². The zero-order valence-corrected chi connectivity index (χ0v) is 29.7. The third kappa shape index (κ3) is 8.58. The number of benzene rings is 4. The second-order valence-corrected chi connectivity index (χ2v) is 13.7. The number of thiol groups is 1. The molecule has 0 N–H and O–H groups in total. The average molecular weight is 698 g/mol. The molecule has 1 aromatic heterocycles. The van der Waals surface area contributed by atoms with Crippen LogP contribution in [0.3, 0.4) is 0 Å². The lowest BCUT2D eigenvalue weighted by atomic mass is 9.87. The first kappa shape index (κ1) is 35.3. The molecule has 1 saturated heterocycles. The molecule has 5 aromatic rings. The van der Waals surface area contributed by atoms with E-state index < -0.39 is 11.7 Å². The number of ether oxygens (including phenoxy) is 5. The lowest BCUT2D eigenvalue weighted by Crippen LogP contribution is -2.48. The van der Waals surface area contributed by atoms with Gasteiger partial charge in [-0.1, -0.05) is 71.9 Å². The molecule has 11 heteroatoms. The lowest BCUT2D eigenvalue weighted by Gasteiger charge is -2.39. The van der Waals surface area contributed by atoms with E-state index in [1.807, 2.05) is 87.5 Å². The Morgan fingerprint density at radius 1 is 1.00 bits per heavy atom. The van der Waals surface area contributed by atoms with Gasteiger partial charge in [-0.3, -0.25) is 0 Å². The van der Waals surface area contributed by atoms with Gasteiger partial charge in [-0.25, -0.2) is 4.79 Å². The van der Waals surface area contributed by atoms with E-state index in [4.69, 9.17) is 28.2 Å². The summed E-state index contributed by atoms with van der Waals surface area (Å²) >= 11 is 4.63. The van der Waals surface area contributed by atoms with Gasteiger partial charge in [0.2, 0.25) is 6.10 Å². The Kier molecular flexibility index (Phi) is 11.3. The van der Waals surface area contributed by atoms with Crippen LogP contribution in [0.5, 0.6) is 11.5 Å². The molecule has 1 amide bonds. The Labute approximate surface area is 298 Å². The third-order valence-corrected chi connectivity index (χ3v) is 8.95. The van der Waals surface area contributed by atoms with E-state index in [2.05, 4.69) is 41.0 Å². The summed E-state index contributed by atoms with van der Waals surface area (Å²) in [4.78, 5) is 19.9. The number of fused-ring (bicyclic) bond motifs is 1. The minimum atomic E-state index is -0.632. The van der Waals surface area contributed by atoms with Gasteiger partial charge in [-0.2, -0.15) is 4.98 Å². The van der Waals surface area contributed by atoms with Crippen LogP contribution in [0, 0.1) is 0 Å². The van der Waals surface area contributed by atoms with Crippen molar-refractivity contribution in [1.82, 2.24) is 15.0 Å². The number of aromatic nitrogens is 2. The Morgan fingerprint density at radius 2 is 1.78 bits per heavy atom. The maximum Gasteiger partial charge on any atom is 0.410 e. The molecule has 0 aliphatic carbocycles. The van der Waals surface area contributed by atoms with Crippen molar-refractivity contribution in [1.29, 1.82) is 0 Å². The molecule has 50 heavy (non-hydrogen) atoms. The number of hydrogen-bond acceptors (Lipinski definition) is 10. The van der Waals surface area contributed by atoms with E-state index in [0.717, 1.165) is 38.1 Å². The zero-order chi connectivity index (χ0) is 35.1. The van der Waals surface area contributed by atoms with Crippen LogP contribution in [-0.2, 0) is 20.8 Å². The van der Waals surface area contributed by atoms with Gasteiger partial charge in [-0.05, 0) is 56.3 Å². The molecular formula is C39H43N3O7S. The average Bonchev–Trinajstić information content (AvgIpc) is 3.65. The summed E-state index contributed by atoms with van der Waals surface area (Å²) in [6.45, 7) is 7.72. The molecule has 3 atom stereocenters. The Bertz CT molecular complexity index is 1860. The minimum Gasteiger partial charge on any atom is -0.490 e. The van der Waals surface area contributed by atoms with Gasteiger partial charge in [0.1, 0.15) is 23.7 Å². The largest absolute Gasteiger partial charge is 0.490 e. The highest BCUT2D eigenvalue weighted by Crippen LogP contribution is 2.37. The number of amides is 1. The molecule has 1 fully saturated rings. The first-order valence-corrected chi connectivity index (χ1v) is 17.2. The predicted molar refractivity (Wildman–Crippen MR) is 192 cm³/mol. The summed E-state index contributed by atoms with van der Waals surface area (Å²) in [6, 6.07) is 27.9. The molecule has 1 aliphatic rings. The molecule has 262 valence electrons. The summed E-state index contributed by atoms with van der Waals surface area (Å²) in [6.07, 6.45) is 0.748. The molecule has 0 spiro atoms. The van der Waals surface area contributed by atoms with Crippen molar-refractivity contribution in [3.63, 3.8) is 0 Å². The smallest absolute Gasteiger partial charge is 0.410 e. The van der Waals surface area contributed by atoms with Gasteiger partial charge in [0.15, 0.2) is 6.33 Å². The standard InChI is InChI=1S/C39H43N3O7S/c1-39(2,3)48-38(43)42-20-19-30(33(23-42)46-24-28-14-13-26-9-5-6-10-31(26)35(28)45-22-21-44-4)27-15-17-29(18-16-27)47-36(37-40-25-41-49-37)32-11-7-8-12-34(32)50/h5-18,25,30,33,36,50H,19-24H2,1-4H3. The van der Waals surface area contributed by atoms with Crippen LogP contribution >= 0.6 is 12.6 Å². The summed E-state index contributed by atoms with van der Waals surface area (Å²) in [5.74, 6) is 1.74. The molecular weight excluding hydrogens is 655 g/mol. The number of methoxy groups -OCH3 is 1. The van der Waals surface area contributed by atoms with Crippen molar-refractivity contribution < 1.29 is 33.0 Å². The van der Waals surface area contributed by atoms with E-state index in [-0.39, 0.29) is 18.1 Å². The topological polar surface area (TPSA) is 105 Å². The summed E-state index contributed by atoms with van der Waals surface area (Å²) in [7, 11) is 1.65. The van der Waals surface area contributed by atoms with Crippen LogP contribution in [0.15, 0.2) is 101 Å². The zero-order valence-electron chi connectivity index (χ0n) is 28.8. The summed E-state index contributed by atoms with van der Waals surface area (Å²) in [5.41, 5.74) is 2.21. The van der Waals surface area contributed by atoms with Crippen LogP contribution in [0.2, 0.25) is 0 Å². The first-order valence-electron chi connectivity index (χ1n) is 16.7. The van der Waals surface area contributed by atoms with Crippen molar-refractivity contribution in [2.24, 2.45) is 0 Å². The normalized spacial score (nSPS) is 17.0. The predicted octanol–water partition coefficient (Wildman–Crippen LogP) is 8.01. The second kappa shape index (κ2) is 16.0. The number of hydrogen-bond donors (Lipinski definition) is 1. The SMILES string of the molecule is COCCOc1c(COC2CN(C(=O)OC(C)(C)C)CCC2c2ccc(OC(c3ncno3)c3ccccc3S)cc2)ccc2ccccc12. The summed E-state index contributed by atoms with van der Waals surface area (Å²) in [5, 5.41) is 5.87. The van der Waals surface area contributed by atoms with Gasteiger partial charge < -0.3 is 33.1 Å². The lowest BCUT2D eigenvalue weighted by molar-refractivity contribution is -0.0364. The maximum absolute atomic E-state index is 13.2. The second-order valence-electron chi connectivity index (χ2n) is 13.2.